The largest absolute Gasteiger partial charge is 0.495 e. The summed E-state index contributed by atoms with van der Waals surface area (Å²) in [5.41, 5.74) is 1.15. The molecule has 0 aliphatic carbocycles. The van der Waals surface area contributed by atoms with Gasteiger partial charge in [-0.05, 0) is 25.0 Å². The van der Waals surface area contributed by atoms with Crippen molar-refractivity contribution in [3.8, 4) is 5.75 Å². The third kappa shape index (κ3) is 6.59. The van der Waals surface area contributed by atoms with Crippen LogP contribution in [0.5, 0.6) is 5.75 Å². The average molecular weight is 439 g/mol. The molecule has 2 heterocycles. The van der Waals surface area contributed by atoms with Crippen molar-refractivity contribution in [1.82, 2.24) is 15.2 Å². The maximum atomic E-state index is 12.3. The third-order valence-electron chi connectivity index (χ3n) is 5.04. The van der Waals surface area contributed by atoms with Gasteiger partial charge in [0, 0.05) is 50.3 Å². The van der Waals surface area contributed by atoms with Crippen LogP contribution in [-0.4, -0.2) is 62.2 Å². The molecule has 2 aromatic rings. The minimum Gasteiger partial charge on any atom is -0.495 e. The molecule has 160 valence electrons. The van der Waals surface area contributed by atoms with Crippen LogP contribution in [0.3, 0.4) is 0 Å². The predicted molar refractivity (Wildman–Crippen MR) is 122 cm³/mol. The zero-order valence-corrected chi connectivity index (χ0v) is 18.9. The number of carbonyl (C=O) groups is 1. The molecule has 1 aromatic heterocycles. The number of anilines is 1. The number of unbranched alkanes of at least 4 members (excludes halogenated alkanes) is 1. The first-order valence-electron chi connectivity index (χ1n) is 10.0. The van der Waals surface area contributed by atoms with Crippen molar-refractivity contribution >= 4 is 35.3 Å². The highest BCUT2D eigenvalue weighted by Gasteiger charge is 2.19. The number of methoxy groups -OCH3 is 1. The van der Waals surface area contributed by atoms with Gasteiger partial charge in [-0.2, -0.15) is 0 Å². The molecule has 0 unspecified atom stereocenters. The highest BCUT2D eigenvalue weighted by molar-refractivity contribution is 7.13. The van der Waals surface area contributed by atoms with E-state index >= 15 is 0 Å². The highest BCUT2D eigenvalue weighted by Crippen LogP contribution is 2.28. The Bertz CT molecular complexity index is 763. The van der Waals surface area contributed by atoms with Gasteiger partial charge in [0.2, 0.25) is 0 Å². The lowest BCUT2D eigenvalue weighted by atomic mass is 10.2. The van der Waals surface area contributed by atoms with Crippen LogP contribution >= 0.6 is 23.7 Å². The SMILES string of the molecule is CCCCc1cnc(C(=O)NCCN2CCN(c3ccccc3OC)CC2)s1.Cl. The minimum absolute atomic E-state index is 0. The fourth-order valence-corrected chi connectivity index (χ4v) is 4.26. The molecule has 8 heteroatoms. The van der Waals surface area contributed by atoms with Crippen molar-refractivity contribution in [2.45, 2.75) is 26.2 Å². The summed E-state index contributed by atoms with van der Waals surface area (Å²) in [4.78, 5) is 22.5. The molecule has 0 bridgehead atoms. The Hall–Kier alpha value is -1.83. The fraction of sp³-hybridized carbons (Fsp3) is 0.524. The molecule has 1 aromatic carbocycles. The third-order valence-corrected chi connectivity index (χ3v) is 6.09. The summed E-state index contributed by atoms with van der Waals surface area (Å²) in [7, 11) is 1.72. The van der Waals surface area contributed by atoms with E-state index in [4.69, 9.17) is 4.74 Å². The number of thiazole rings is 1. The zero-order valence-electron chi connectivity index (χ0n) is 17.2. The number of halogens is 1. The number of aromatic nitrogens is 1. The fourth-order valence-electron chi connectivity index (χ4n) is 3.39. The number of para-hydroxylation sites is 2. The standard InChI is InChI=1S/C21H30N4O2S.ClH/c1-3-4-7-17-16-23-21(28-17)20(26)22-10-11-24-12-14-25(15-13-24)18-8-5-6-9-19(18)27-2;/h5-6,8-9,16H,3-4,7,10-15H2,1-2H3,(H,22,26);1H. The number of piperazine rings is 1. The predicted octanol–water partition coefficient (Wildman–Crippen LogP) is 3.47. The number of aryl methyl sites for hydroxylation is 1. The second kappa shape index (κ2) is 12.0. The topological polar surface area (TPSA) is 57.7 Å². The molecule has 6 nitrogen and oxygen atoms in total. The van der Waals surface area contributed by atoms with Crippen LogP contribution in [0.4, 0.5) is 5.69 Å². The molecule has 1 N–H and O–H groups in total. The van der Waals surface area contributed by atoms with Gasteiger partial charge in [-0.15, -0.1) is 23.7 Å². The van der Waals surface area contributed by atoms with Crippen molar-refractivity contribution in [2.75, 3.05) is 51.3 Å². The first-order chi connectivity index (χ1) is 13.7. The molecule has 1 saturated heterocycles. The molecule has 0 spiro atoms. The molecule has 1 amide bonds. The van der Waals surface area contributed by atoms with Gasteiger partial charge in [0.15, 0.2) is 5.01 Å². The second-order valence-corrected chi connectivity index (χ2v) is 8.11. The minimum atomic E-state index is -0.0552. The van der Waals surface area contributed by atoms with Gasteiger partial charge < -0.3 is 15.0 Å². The van der Waals surface area contributed by atoms with Gasteiger partial charge in [0.1, 0.15) is 5.75 Å². The van der Waals surface area contributed by atoms with Crippen LogP contribution in [0.25, 0.3) is 0 Å². The molecule has 29 heavy (non-hydrogen) atoms. The van der Waals surface area contributed by atoms with Gasteiger partial charge >= 0.3 is 0 Å². The Labute approximate surface area is 183 Å². The number of rotatable bonds is 9. The van der Waals surface area contributed by atoms with E-state index in [9.17, 15) is 4.79 Å². The first kappa shape index (κ1) is 23.4. The van der Waals surface area contributed by atoms with Crippen LogP contribution < -0.4 is 15.0 Å². The molecule has 0 saturated carbocycles. The lowest BCUT2D eigenvalue weighted by Gasteiger charge is -2.36. The Kier molecular flexibility index (Phi) is 9.70. The normalized spacial score (nSPS) is 14.3. The van der Waals surface area contributed by atoms with Gasteiger partial charge in [-0.25, -0.2) is 4.98 Å². The Morgan fingerprint density at radius 3 is 2.72 bits per heavy atom. The number of nitrogens with zero attached hydrogens (tertiary/aromatic N) is 3. The lowest BCUT2D eigenvalue weighted by molar-refractivity contribution is 0.0947. The molecule has 1 fully saturated rings. The molecular weight excluding hydrogens is 408 g/mol. The van der Waals surface area contributed by atoms with E-state index < -0.39 is 0 Å². The molecular formula is C21H31ClN4O2S. The van der Waals surface area contributed by atoms with Gasteiger partial charge in [-0.3, -0.25) is 9.69 Å². The van der Waals surface area contributed by atoms with Crippen molar-refractivity contribution in [1.29, 1.82) is 0 Å². The number of ether oxygens (including phenoxy) is 1. The molecule has 0 radical (unpaired) electrons. The van der Waals surface area contributed by atoms with E-state index in [0.29, 0.717) is 11.6 Å². The zero-order chi connectivity index (χ0) is 19.8. The second-order valence-electron chi connectivity index (χ2n) is 6.99. The van der Waals surface area contributed by atoms with Crippen LogP contribution in [-0.2, 0) is 6.42 Å². The quantitative estimate of drug-likeness (QED) is 0.649. The highest BCUT2D eigenvalue weighted by atomic mass is 35.5. The number of carbonyl (C=O) groups excluding carboxylic acids is 1. The van der Waals surface area contributed by atoms with Gasteiger partial charge in [0.05, 0.1) is 12.8 Å². The maximum absolute atomic E-state index is 12.3. The van der Waals surface area contributed by atoms with Crippen LogP contribution in [0.15, 0.2) is 30.5 Å². The van der Waals surface area contributed by atoms with E-state index in [1.54, 1.807) is 7.11 Å². The first-order valence-corrected chi connectivity index (χ1v) is 10.9. The average Bonchev–Trinajstić information content (AvgIpc) is 3.22. The monoisotopic (exact) mass is 438 g/mol. The van der Waals surface area contributed by atoms with E-state index in [-0.39, 0.29) is 18.3 Å². The van der Waals surface area contributed by atoms with Gasteiger partial charge in [0.25, 0.3) is 5.91 Å². The maximum Gasteiger partial charge on any atom is 0.280 e. The van der Waals surface area contributed by atoms with Crippen LogP contribution in [0.1, 0.15) is 34.4 Å². The molecule has 0 atom stereocenters. The van der Waals surface area contributed by atoms with Crippen molar-refractivity contribution < 1.29 is 9.53 Å². The number of benzene rings is 1. The van der Waals surface area contributed by atoms with Crippen molar-refractivity contribution in [3.05, 3.63) is 40.3 Å². The van der Waals surface area contributed by atoms with Crippen LogP contribution in [0.2, 0.25) is 0 Å². The van der Waals surface area contributed by atoms with E-state index in [2.05, 4.69) is 33.1 Å². The van der Waals surface area contributed by atoms with Crippen molar-refractivity contribution in [3.63, 3.8) is 0 Å². The molecule has 1 aliphatic rings. The summed E-state index contributed by atoms with van der Waals surface area (Å²) in [6.07, 6.45) is 5.15. The van der Waals surface area contributed by atoms with E-state index in [1.807, 2.05) is 24.4 Å². The summed E-state index contributed by atoms with van der Waals surface area (Å²) < 4.78 is 5.47. The summed E-state index contributed by atoms with van der Waals surface area (Å²) in [6, 6.07) is 8.16. The van der Waals surface area contributed by atoms with E-state index in [0.717, 1.165) is 63.4 Å². The summed E-state index contributed by atoms with van der Waals surface area (Å²) >= 11 is 1.51. The lowest BCUT2D eigenvalue weighted by Crippen LogP contribution is -2.48. The molecule has 1 aliphatic heterocycles. The summed E-state index contributed by atoms with van der Waals surface area (Å²) in [6.45, 7) is 7.56. The van der Waals surface area contributed by atoms with Gasteiger partial charge in [-0.1, -0.05) is 25.5 Å². The number of hydrogen-bond donors (Lipinski definition) is 1. The van der Waals surface area contributed by atoms with E-state index in [1.165, 1.54) is 16.2 Å². The Balaban J connectivity index is 0.00000300. The smallest absolute Gasteiger partial charge is 0.280 e. The number of hydrogen-bond acceptors (Lipinski definition) is 6. The Morgan fingerprint density at radius 2 is 2.00 bits per heavy atom. The van der Waals surface area contributed by atoms with Crippen molar-refractivity contribution in [2.24, 2.45) is 0 Å². The number of amides is 1. The number of nitrogens with one attached hydrogen (secondary N) is 1. The summed E-state index contributed by atoms with van der Waals surface area (Å²) in [5.74, 6) is 0.866. The molecule has 3 rings (SSSR count). The Morgan fingerprint density at radius 1 is 1.24 bits per heavy atom. The van der Waals surface area contributed by atoms with Crippen LogP contribution in [0, 0.1) is 0 Å². The summed E-state index contributed by atoms with van der Waals surface area (Å²) in [5, 5.41) is 3.59.